The number of aliphatic hydroxyl groups excluding tert-OH is 1. The van der Waals surface area contributed by atoms with Gasteiger partial charge in [0.2, 0.25) is 35.4 Å². The van der Waals surface area contributed by atoms with Crippen molar-refractivity contribution in [2.75, 3.05) is 6.54 Å². The van der Waals surface area contributed by atoms with Gasteiger partial charge < -0.3 is 69.0 Å². The number of carboxylic acids is 2. The van der Waals surface area contributed by atoms with Gasteiger partial charge >= 0.3 is 17.9 Å². The number of hydroxylamine groups is 2. The zero-order valence-electron chi connectivity index (χ0n) is 66.7. The second kappa shape index (κ2) is 50.1. The first kappa shape index (κ1) is 97.1. The van der Waals surface area contributed by atoms with Gasteiger partial charge in [0.05, 0.1) is 30.3 Å². The maximum Gasteiger partial charge on any atom is 0.333 e. The number of aliphatic imine (C=N–C) groups is 1. The number of unbranched alkanes of at least 4 members (excludes halogenated alkanes) is 3. The first-order valence-corrected chi connectivity index (χ1v) is 39.2. The van der Waals surface area contributed by atoms with E-state index in [1.807, 2.05) is 13.8 Å². The van der Waals surface area contributed by atoms with Crippen LogP contribution >= 0.6 is 0 Å². The van der Waals surface area contributed by atoms with E-state index in [1.54, 1.807) is 71.9 Å². The number of hydrogen-bond donors (Lipinski definition) is 12. The fraction of sp³-hybridized carbons (Fsp3) is 0.630. The summed E-state index contributed by atoms with van der Waals surface area (Å²) >= 11 is 0. The zero-order valence-corrected chi connectivity index (χ0v) is 66.7. The lowest BCUT2D eigenvalue weighted by atomic mass is 9.85. The molecule has 0 unspecified atom stereocenters. The molecule has 15 N–H and O–H groups in total. The number of benzene rings is 2. The van der Waals surface area contributed by atoms with Crippen molar-refractivity contribution in [3.05, 3.63) is 65.7 Å². The van der Waals surface area contributed by atoms with Crippen LogP contribution in [0.5, 0.6) is 5.75 Å². The number of aliphatic carboxylic acids is 2. The third-order valence-electron chi connectivity index (χ3n) is 19.9. The molecular formula is C81H120N10O22. The molecule has 0 aromatic heterocycles. The molecule has 0 bridgehead atoms. The number of aliphatic hydroxyl groups is 1. The average molecular weight is 1590 g/mol. The normalized spacial score (nSPS) is 15.3. The summed E-state index contributed by atoms with van der Waals surface area (Å²) in [5, 5.41) is 54.4. The van der Waals surface area contributed by atoms with Crippen LogP contribution in [-0.4, -0.2) is 174 Å². The maximum atomic E-state index is 15.0. The van der Waals surface area contributed by atoms with Crippen LogP contribution in [0.25, 0.3) is 0 Å². The van der Waals surface area contributed by atoms with Crippen LogP contribution in [-0.2, 0) is 99.2 Å². The molecule has 626 valence electrons. The molecule has 3 rings (SSSR count). The van der Waals surface area contributed by atoms with Crippen LogP contribution in [0, 0.1) is 53.3 Å². The minimum absolute atomic E-state index is 0.00849. The SMILES string of the molecule is CC[C@H](C)[C@H](NC(=O)[C@H](CCC(=O)O)CC(=O)[C@H](CCC(=O)O)NC(=O)[C@@H](CC(=O)[C@H](CC(C)C)NC(=O)[C@H](CCCN=C(N)N)CC(=O)[C@H](Cc1ccc(O)cc1)NC(=O)CCC(=O)[C@@H](NC(=O)[C@@H](CC(=O)CCCCCCC(=O)ON1C(=O)CCC1=O)C(C)C)[C@@H](C)O)Cc1ccccc1)C(=O)C[C@@H](CC(C)C)C(N)=O. The average Bonchev–Trinajstić information content (AvgIpc) is 1.72. The molecular weight excluding hydrogens is 1460 g/mol. The van der Waals surface area contributed by atoms with Crippen molar-refractivity contribution in [3.63, 3.8) is 0 Å². The molecule has 8 amide bonds. The minimum atomic E-state index is -1.63. The molecule has 32 heteroatoms. The van der Waals surface area contributed by atoms with Crippen LogP contribution in [0.1, 0.15) is 228 Å². The van der Waals surface area contributed by atoms with E-state index in [0.717, 1.165) is 0 Å². The number of nitrogens with two attached hydrogens (primary N) is 3. The Morgan fingerprint density at radius 2 is 1.01 bits per heavy atom. The van der Waals surface area contributed by atoms with Crippen molar-refractivity contribution in [1.29, 1.82) is 0 Å². The molecule has 2 aromatic carbocycles. The van der Waals surface area contributed by atoms with Gasteiger partial charge in [-0.15, -0.1) is 5.06 Å². The first-order valence-electron chi connectivity index (χ1n) is 39.2. The molecule has 1 fully saturated rings. The van der Waals surface area contributed by atoms with Crippen molar-refractivity contribution in [3.8, 4) is 5.75 Å². The van der Waals surface area contributed by atoms with Crippen molar-refractivity contribution in [2.45, 2.75) is 266 Å². The standard InChI is InChI=1S/C81H120N10O22/c1-10-49(8)74(67(99)43-55(76(82)108)37-46(2)3)89-78(110)54(26-34-71(103)104)42-64(96)60(29-35-72(105)106)87-79(111)56(39-51-19-14-13-15-20-51)44-66(98)61(38-47(4)5)88-77(109)53(21-18-36-85-81(83)84)41-65(97)62(40-52-24-27-57(93)28-25-52)86-68(100)31-30-63(95)75(50(9)92)90-80(112)59(48(6)7)45-58(94)22-16-11-12-17-23-73(107)113-91-69(101)32-33-70(91)102/h13-15,19-20,24-25,27-28,46-50,53-56,59-62,74-75,92-93H,10-12,16-18,21-23,26,29-45H2,1-9H3,(H2,82,108)(H,86,100)(H,87,111)(H,88,109)(H,89,110)(H,90,112)(H,103,104)(H,105,106)(H4,83,84,85)/t49-,50+,53+,54+,55+,56+,59-,60-,61-,62-,74-,75-/m0/s1. The Balaban J connectivity index is 1.91. The molecule has 113 heavy (non-hydrogen) atoms. The van der Waals surface area contributed by atoms with Gasteiger partial charge in [0.25, 0.3) is 11.8 Å². The summed E-state index contributed by atoms with van der Waals surface area (Å²) in [6.07, 6.45) is -5.02. The van der Waals surface area contributed by atoms with Crippen LogP contribution in [0.15, 0.2) is 59.6 Å². The van der Waals surface area contributed by atoms with E-state index in [0.29, 0.717) is 48.3 Å². The molecule has 32 nitrogen and oxygen atoms in total. The van der Waals surface area contributed by atoms with E-state index in [9.17, 15) is 102 Å². The monoisotopic (exact) mass is 1580 g/mol. The van der Waals surface area contributed by atoms with Gasteiger partial charge in [-0.1, -0.05) is 117 Å². The lowest BCUT2D eigenvalue weighted by molar-refractivity contribution is -0.197. The number of hydrogen-bond acceptors (Lipinski definition) is 21. The number of carbonyl (C=O) groups excluding carboxylic acids is 15. The predicted molar refractivity (Wildman–Crippen MR) is 414 cm³/mol. The third kappa shape index (κ3) is 36.9. The molecule has 12 atom stereocenters. The molecule has 1 saturated heterocycles. The summed E-state index contributed by atoms with van der Waals surface area (Å²) < 4.78 is 0. The number of imide groups is 1. The summed E-state index contributed by atoms with van der Waals surface area (Å²) in [7, 11) is 0. The van der Waals surface area contributed by atoms with Gasteiger partial charge in [-0.25, -0.2) is 4.79 Å². The van der Waals surface area contributed by atoms with Crippen molar-refractivity contribution in [2.24, 2.45) is 75.5 Å². The van der Waals surface area contributed by atoms with E-state index >= 15 is 0 Å². The molecule has 1 heterocycles. The van der Waals surface area contributed by atoms with E-state index in [4.69, 9.17) is 22.0 Å². The summed E-state index contributed by atoms with van der Waals surface area (Å²) in [5.41, 5.74) is 17.9. The number of nitrogens with zero attached hydrogens (tertiary/aromatic N) is 2. The van der Waals surface area contributed by atoms with Crippen LogP contribution < -0.4 is 43.8 Å². The van der Waals surface area contributed by atoms with E-state index in [2.05, 4.69) is 31.6 Å². The lowest BCUT2D eigenvalue weighted by Crippen LogP contribution is -2.51. The van der Waals surface area contributed by atoms with E-state index < -0.39 is 230 Å². The van der Waals surface area contributed by atoms with E-state index in [-0.39, 0.29) is 113 Å². The number of carbonyl (C=O) groups is 17. The van der Waals surface area contributed by atoms with Crippen LogP contribution in [0.4, 0.5) is 0 Å². The summed E-state index contributed by atoms with van der Waals surface area (Å²) in [4.78, 5) is 238. The number of carboxylic acid groups (broad SMARTS) is 2. The summed E-state index contributed by atoms with van der Waals surface area (Å²) in [6.45, 7) is 15.3. The van der Waals surface area contributed by atoms with E-state index in [1.165, 1.54) is 31.2 Å². The number of Topliss-reactive ketones (excluding diaryl/α,β-unsaturated/α-hetero) is 6. The van der Waals surface area contributed by atoms with Crippen molar-refractivity contribution < 1.29 is 107 Å². The highest BCUT2D eigenvalue weighted by molar-refractivity contribution is 6.02. The highest BCUT2D eigenvalue weighted by Gasteiger charge is 2.39. The second-order valence-electron chi connectivity index (χ2n) is 30.9. The van der Waals surface area contributed by atoms with Gasteiger partial charge in [0.15, 0.2) is 34.9 Å². The number of guanidine groups is 1. The van der Waals surface area contributed by atoms with Gasteiger partial charge in [0, 0.05) is 120 Å². The Morgan fingerprint density at radius 3 is 1.57 bits per heavy atom. The topological polar surface area (TPSA) is 534 Å². The van der Waals surface area contributed by atoms with Crippen LogP contribution in [0.2, 0.25) is 0 Å². The van der Waals surface area contributed by atoms with Crippen LogP contribution in [0.3, 0.4) is 0 Å². The number of nitrogens with one attached hydrogen (secondary N) is 5. The Morgan fingerprint density at radius 1 is 0.496 bits per heavy atom. The Kier molecular flexibility index (Phi) is 43.0. The predicted octanol–water partition coefficient (Wildman–Crippen LogP) is 5.22. The number of phenols is 1. The fourth-order valence-corrected chi connectivity index (χ4v) is 13.2. The Labute approximate surface area is 660 Å². The van der Waals surface area contributed by atoms with Gasteiger partial charge in [-0.2, -0.15) is 0 Å². The quantitative estimate of drug-likeness (QED) is 0.0175. The van der Waals surface area contributed by atoms with Crippen molar-refractivity contribution in [1.82, 2.24) is 31.6 Å². The fourth-order valence-electron chi connectivity index (χ4n) is 13.2. The molecule has 2 aromatic rings. The minimum Gasteiger partial charge on any atom is -0.508 e. The number of phenolic OH excluding ortho intramolecular Hbond substituents is 1. The Bertz CT molecular complexity index is 3600. The highest BCUT2D eigenvalue weighted by atomic mass is 16.7. The summed E-state index contributed by atoms with van der Waals surface area (Å²) in [5.74, 6) is -20.6. The van der Waals surface area contributed by atoms with Gasteiger partial charge in [0.1, 0.15) is 17.6 Å². The third-order valence-corrected chi connectivity index (χ3v) is 19.9. The number of aromatic hydroxyl groups is 1. The number of rotatable bonds is 58. The second-order valence-corrected chi connectivity index (χ2v) is 30.9. The highest BCUT2D eigenvalue weighted by Crippen LogP contribution is 2.27. The number of amides is 8. The zero-order chi connectivity index (χ0) is 84.8. The molecule has 1 aliphatic heterocycles. The number of primary amides is 1. The molecule has 0 spiro atoms. The largest absolute Gasteiger partial charge is 0.508 e. The number of ketones is 6. The molecule has 0 aliphatic carbocycles. The molecule has 1 aliphatic rings. The summed E-state index contributed by atoms with van der Waals surface area (Å²) in [6, 6.07) is 7.03. The Hall–Kier alpha value is -10.1. The molecule has 0 radical (unpaired) electrons. The van der Waals surface area contributed by atoms with Crippen molar-refractivity contribution >= 4 is 106 Å². The first-order chi connectivity index (χ1) is 53.2. The van der Waals surface area contributed by atoms with Gasteiger partial charge in [-0.3, -0.25) is 81.7 Å². The molecule has 0 saturated carbocycles. The lowest BCUT2D eigenvalue weighted by Gasteiger charge is -2.28. The van der Waals surface area contributed by atoms with Gasteiger partial charge in [-0.05, 0) is 118 Å². The maximum absolute atomic E-state index is 15.0. The smallest absolute Gasteiger partial charge is 0.333 e.